The van der Waals surface area contributed by atoms with Crippen molar-refractivity contribution in [2.45, 2.75) is 70.0 Å². The topological polar surface area (TPSA) is 110 Å². The number of nitrogens with two attached hydrogens (primary N) is 1. The van der Waals surface area contributed by atoms with Crippen LogP contribution in [0.15, 0.2) is 66.7 Å². The van der Waals surface area contributed by atoms with Crippen molar-refractivity contribution < 1.29 is 33.2 Å². The summed E-state index contributed by atoms with van der Waals surface area (Å²) in [5, 5.41) is 11.6. The Morgan fingerprint density at radius 2 is 1.88 bits per heavy atom. The van der Waals surface area contributed by atoms with Crippen molar-refractivity contribution in [1.29, 1.82) is 0 Å². The van der Waals surface area contributed by atoms with Gasteiger partial charge in [0.1, 0.15) is 30.0 Å². The van der Waals surface area contributed by atoms with E-state index in [1.54, 1.807) is 24.1 Å². The molecular formula is C40H53FN4O6. The zero-order valence-corrected chi connectivity index (χ0v) is 30.1. The van der Waals surface area contributed by atoms with Crippen molar-refractivity contribution in [3.05, 3.63) is 83.7 Å². The summed E-state index contributed by atoms with van der Waals surface area (Å²) in [5.74, 6) is 1.07. The summed E-state index contributed by atoms with van der Waals surface area (Å²) in [6.45, 7) is 9.35. The number of hydrogen-bond donors (Lipinski definition) is 2. The molecule has 276 valence electrons. The number of carbonyl (C=O) groups is 1. The van der Waals surface area contributed by atoms with Crippen LogP contribution in [0.4, 0.5) is 15.8 Å². The number of carbonyl (C=O) groups excluding carboxylic acids is 1. The van der Waals surface area contributed by atoms with Gasteiger partial charge in [-0.1, -0.05) is 38.1 Å². The highest BCUT2D eigenvalue weighted by atomic mass is 19.1. The molecule has 3 aliphatic rings. The number of amides is 1. The van der Waals surface area contributed by atoms with Crippen molar-refractivity contribution >= 4 is 17.3 Å². The number of fused-ring (bicyclic) bond motifs is 1. The number of halogens is 1. The molecule has 0 aromatic heterocycles. The average molecular weight is 705 g/mol. The summed E-state index contributed by atoms with van der Waals surface area (Å²) in [5.41, 5.74) is 10.1. The standard InChI is InChI=1S/C40H53FN4O6/c1-27(2)20-34(42)40(47)45-24-36(46)39(29-9-11-32(12-10-29)51-33-14-16-44(23-33)31-7-4-6-30(41)22-31)38(25-45)50-26-28-8-13-37-35(21-28)43(17-19-49-37)15-5-18-48-3/h4,6-13,21-22,27,33-34,36,38-39,46H,5,14-20,23-26,42H2,1-3H3/t33-,34-,36+,38-,39-/m0/s1. The van der Waals surface area contributed by atoms with E-state index in [9.17, 15) is 14.3 Å². The van der Waals surface area contributed by atoms with Crippen LogP contribution in [0, 0.1) is 11.7 Å². The van der Waals surface area contributed by atoms with E-state index in [-0.39, 0.29) is 36.2 Å². The van der Waals surface area contributed by atoms with Gasteiger partial charge < -0.3 is 44.5 Å². The lowest BCUT2D eigenvalue weighted by molar-refractivity contribution is -0.143. The first-order valence-electron chi connectivity index (χ1n) is 18.3. The molecule has 0 aliphatic carbocycles. The first kappa shape index (κ1) is 36.9. The van der Waals surface area contributed by atoms with Crippen LogP contribution in [0.2, 0.25) is 0 Å². The van der Waals surface area contributed by atoms with Gasteiger partial charge in [0.15, 0.2) is 0 Å². The van der Waals surface area contributed by atoms with E-state index in [1.807, 2.05) is 56.3 Å². The Bertz CT molecular complexity index is 1590. The molecule has 3 aromatic carbocycles. The number of methoxy groups -OCH3 is 1. The summed E-state index contributed by atoms with van der Waals surface area (Å²) < 4.78 is 38.0. The smallest absolute Gasteiger partial charge is 0.239 e. The normalized spacial score (nSPS) is 22.5. The van der Waals surface area contributed by atoms with Crippen LogP contribution in [-0.2, 0) is 20.9 Å². The van der Waals surface area contributed by atoms with Crippen LogP contribution in [-0.4, -0.2) is 99.9 Å². The second-order valence-corrected chi connectivity index (χ2v) is 14.4. The Hall–Kier alpha value is -3.90. The zero-order valence-electron chi connectivity index (χ0n) is 30.1. The quantitative estimate of drug-likeness (QED) is 0.225. The number of likely N-dealkylation sites (tertiary alicyclic amines) is 1. The molecule has 0 spiro atoms. The Morgan fingerprint density at radius 3 is 2.65 bits per heavy atom. The maximum atomic E-state index is 13.8. The Morgan fingerprint density at radius 1 is 1.06 bits per heavy atom. The highest BCUT2D eigenvalue weighted by molar-refractivity contribution is 5.82. The molecule has 2 fully saturated rings. The van der Waals surface area contributed by atoms with Gasteiger partial charge in [-0.05, 0) is 72.4 Å². The van der Waals surface area contributed by atoms with Crippen LogP contribution in [0.25, 0.3) is 0 Å². The molecule has 0 saturated carbocycles. The van der Waals surface area contributed by atoms with Crippen molar-refractivity contribution in [2.24, 2.45) is 11.7 Å². The minimum Gasteiger partial charge on any atom is -0.490 e. The van der Waals surface area contributed by atoms with Crippen LogP contribution in [0.5, 0.6) is 11.5 Å². The molecule has 11 heteroatoms. The van der Waals surface area contributed by atoms with Gasteiger partial charge in [-0.25, -0.2) is 4.39 Å². The fourth-order valence-electron chi connectivity index (χ4n) is 7.54. The summed E-state index contributed by atoms with van der Waals surface area (Å²) in [6, 6.07) is 20.0. The molecule has 5 atom stereocenters. The molecule has 6 rings (SSSR count). The second kappa shape index (κ2) is 17.1. The number of nitrogens with zero attached hydrogens (tertiary/aromatic N) is 3. The van der Waals surface area contributed by atoms with Crippen LogP contribution in [0.1, 0.15) is 50.2 Å². The maximum Gasteiger partial charge on any atom is 0.239 e. The lowest BCUT2D eigenvalue weighted by atomic mass is 9.84. The molecular weight excluding hydrogens is 651 g/mol. The van der Waals surface area contributed by atoms with E-state index < -0.39 is 18.2 Å². The van der Waals surface area contributed by atoms with Gasteiger partial charge >= 0.3 is 0 Å². The van der Waals surface area contributed by atoms with Gasteiger partial charge in [-0.15, -0.1) is 0 Å². The zero-order chi connectivity index (χ0) is 35.9. The Balaban J connectivity index is 1.16. The number of anilines is 2. The molecule has 3 N–H and O–H groups in total. The van der Waals surface area contributed by atoms with E-state index in [4.69, 9.17) is 24.7 Å². The fourth-order valence-corrected chi connectivity index (χ4v) is 7.54. The van der Waals surface area contributed by atoms with Crippen molar-refractivity contribution in [3.63, 3.8) is 0 Å². The summed E-state index contributed by atoms with van der Waals surface area (Å²) in [4.78, 5) is 19.6. The minimum absolute atomic E-state index is 0.0250. The molecule has 0 unspecified atom stereocenters. The monoisotopic (exact) mass is 704 g/mol. The Labute approximate surface area is 301 Å². The predicted octanol–water partition coefficient (Wildman–Crippen LogP) is 4.96. The summed E-state index contributed by atoms with van der Waals surface area (Å²) >= 11 is 0. The molecule has 2 saturated heterocycles. The highest BCUT2D eigenvalue weighted by Gasteiger charge is 2.40. The van der Waals surface area contributed by atoms with E-state index in [1.165, 1.54) is 6.07 Å². The maximum absolute atomic E-state index is 13.8. The first-order chi connectivity index (χ1) is 24.7. The van der Waals surface area contributed by atoms with Crippen molar-refractivity contribution in [3.8, 4) is 11.5 Å². The molecule has 51 heavy (non-hydrogen) atoms. The predicted molar refractivity (Wildman–Crippen MR) is 196 cm³/mol. The lowest BCUT2D eigenvalue weighted by Crippen LogP contribution is -2.57. The fraction of sp³-hybridized carbons (Fsp3) is 0.525. The molecule has 3 heterocycles. The number of ether oxygens (including phenoxy) is 4. The third-order valence-corrected chi connectivity index (χ3v) is 10.1. The summed E-state index contributed by atoms with van der Waals surface area (Å²) in [7, 11) is 1.72. The Kier molecular flexibility index (Phi) is 12.3. The molecule has 0 bridgehead atoms. The number of hydrogen-bond acceptors (Lipinski definition) is 9. The third-order valence-electron chi connectivity index (χ3n) is 10.1. The average Bonchev–Trinajstić information content (AvgIpc) is 3.59. The SMILES string of the molecule is COCCCN1CCOc2ccc(CO[C@H]3CN(C(=O)[C@@H](N)CC(C)C)C[C@@H](O)[C@@H]3c3ccc(O[C@H]4CCN(c5cccc(F)c5)C4)cc3)cc21. The van der Waals surface area contributed by atoms with Gasteiger partial charge in [-0.3, -0.25) is 4.79 Å². The van der Waals surface area contributed by atoms with Gasteiger partial charge in [-0.2, -0.15) is 0 Å². The van der Waals surface area contributed by atoms with Gasteiger partial charge in [0, 0.05) is 57.9 Å². The summed E-state index contributed by atoms with van der Waals surface area (Å²) in [6.07, 6.45) is 0.963. The van der Waals surface area contributed by atoms with E-state index >= 15 is 0 Å². The number of rotatable bonds is 14. The molecule has 10 nitrogen and oxygen atoms in total. The highest BCUT2D eigenvalue weighted by Crippen LogP contribution is 2.36. The number of aliphatic hydroxyl groups excluding tert-OH is 1. The first-order valence-corrected chi connectivity index (χ1v) is 18.3. The van der Waals surface area contributed by atoms with Gasteiger partial charge in [0.2, 0.25) is 5.91 Å². The largest absolute Gasteiger partial charge is 0.490 e. The number of β-amino-alcohol motifs (C(OH)–C–C–N with tert-alkyl or cyclic N) is 1. The van der Waals surface area contributed by atoms with E-state index in [0.717, 1.165) is 66.5 Å². The number of benzene rings is 3. The van der Waals surface area contributed by atoms with Crippen molar-refractivity contribution in [2.75, 3.05) is 69.4 Å². The van der Waals surface area contributed by atoms with Crippen LogP contribution in [0.3, 0.4) is 0 Å². The van der Waals surface area contributed by atoms with Gasteiger partial charge in [0.25, 0.3) is 0 Å². The second-order valence-electron chi connectivity index (χ2n) is 14.4. The van der Waals surface area contributed by atoms with E-state index in [0.29, 0.717) is 39.3 Å². The molecule has 0 radical (unpaired) electrons. The lowest BCUT2D eigenvalue weighted by Gasteiger charge is -2.42. The molecule has 3 aromatic rings. The number of aliphatic hydroxyl groups is 1. The van der Waals surface area contributed by atoms with Gasteiger partial charge in [0.05, 0.1) is 43.6 Å². The molecule has 3 aliphatic heterocycles. The van der Waals surface area contributed by atoms with Crippen LogP contribution >= 0.6 is 0 Å². The minimum atomic E-state index is -0.853. The van der Waals surface area contributed by atoms with E-state index in [2.05, 4.69) is 15.9 Å². The number of piperidine rings is 1. The third kappa shape index (κ3) is 9.32. The van der Waals surface area contributed by atoms with Crippen LogP contribution < -0.4 is 25.0 Å². The van der Waals surface area contributed by atoms with Crippen molar-refractivity contribution in [1.82, 2.24) is 4.90 Å². The molecule has 1 amide bonds.